The van der Waals surface area contributed by atoms with E-state index in [1.54, 1.807) is 12.1 Å². The Hall–Kier alpha value is -2.08. The normalized spacial score (nSPS) is 22.4. The Balaban J connectivity index is 1.56. The topological polar surface area (TPSA) is 71.5 Å². The first-order valence-electron chi connectivity index (χ1n) is 8.30. The number of aromatic nitrogens is 1. The van der Waals surface area contributed by atoms with E-state index in [1.807, 2.05) is 20.2 Å². The molecule has 1 aliphatic carbocycles. The SMILES string of the molecule is CN(C)Cc1cc(CC2CC(NC(=O)c3ccco3)C2(C)C)no1. The molecular formula is C18H25N3O3. The minimum Gasteiger partial charge on any atom is -0.459 e. The second kappa shape index (κ2) is 6.43. The second-order valence-corrected chi connectivity index (χ2v) is 7.48. The second-order valence-electron chi connectivity index (χ2n) is 7.48. The van der Waals surface area contributed by atoms with Crippen LogP contribution >= 0.6 is 0 Å². The molecule has 1 amide bonds. The molecule has 3 rings (SSSR count). The van der Waals surface area contributed by atoms with Gasteiger partial charge in [-0.2, -0.15) is 0 Å². The first-order chi connectivity index (χ1) is 11.4. The predicted octanol–water partition coefficient (Wildman–Crippen LogP) is 2.72. The molecule has 2 unspecified atom stereocenters. The van der Waals surface area contributed by atoms with Crippen LogP contribution in [0, 0.1) is 11.3 Å². The third kappa shape index (κ3) is 3.38. The molecule has 2 aromatic heterocycles. The Bertz CT molecular complexity index is 688. The molecule has 1 aliphatic rings. The van der Waals surface area contributed by atoms with E-state index < -0.39 is 0 Å². The molecule has 0 spiro atoms. The van der Waals surface area contributed by atoms with Gasteiger partial charge in [0, 0.05) is 12.1 Å². The quantitative estimate of drug-likeness (QED) is 0.881. The van der Waals surface area contributed by atoms with Crippen molar-refractivity contribution in [1.82, 2.24) is 15.4 Å². The highest BCUT2D eigenvalue weighted by Crippen LogP contribution is 2.47. The Morgan fingerprint density at radius 2 is 2.25 bits per heavy atom. The van der Waals surface area contributed by atoms with Gasteiger partial charge in [0.2, 0.25) is 0 Å². The third-order valence-electron chi connectivity index (χ3n) is 5.06. The van der Waals surface area contributed by atoms with Crippen molar-refractivity contribution < 1.29 is 13.7 Å². The Morgan fingerprint density at radius 1 is 1.46 bits per heavy atom. The fourth-order valence-electron chi connectivity index (χ4n) is 3.34. The van der Waals surface area contributed by atoms with Crippen LogP contribution in [0.15, 0.2) is 33.4 Å². The van der Waals surface area contributed by atoms with Crippen molar-refractivity contribution in [2.24, 2.45) is 11.3 Å². The molecule has 0 bridgehead atoms. The predicted molar refractivity (Wildman–Crippen MR) is 89.4 cm³/mol. The average molecular weight is 331 g/mol. The lowest BCUT2D eigenvalue weighted by Gasteiger charge is -2.52. The first-order valence-corrected chi connectivity index (χ1v) is 8.30. The van der Waals surface area contributed by atoms with Crippen molar-refractivity contribution in [2.75, 3.05) is 14.1 Å². The third-order valence-corrected chi connectivity index (χ3v) is 5.06. The molecule has 0 aromatic carbocycles. The van der Waals surface area contributed by atoms with Crippen LogP contribution in [-0.4, -0.2) is 36.1 Å². The van der Waals surface area contributed by atoms with Gasteiger partial charge in [-0.3, -0.25) is 4.79 Å². The van der Waals surface area contributed by atoms with Crippen LogP contribution in [0.5, 0.6) is 0 Å². The van der Waals surface area contributed by atoms with Crippen LogP contribution < -0.4 is 5.32 Å². The molecule has 0 aliphatic heterocycles. The molecule has 2 aromatic rings. The zero-order chi connectivity index (χ0) is 17.3. The van der Waals surface area contributed by atoms with E-state index in [9.17, 15) is 4.79 Å². The molecule has 2 heterocycles. The molecule has 6 heteroatoms. The van der Waals surface area contributed by atoms with Gasteiger partial charge in [-0.15, -0.1) is 0 Å². The molecule has 130 valence electrons. The standard InChI is InChI=1S/C18H25N3O3/c1-18(2)12(8-13-10-14(24-20-13)11-21(3)4)9-16(18)19-17(22)15-6-5-7-23-15/h5-7,10,12,16H,8-9,11H2,1-4H3,(H,19,22). The van der Waals surface area contributed by atoms with Gasteiger partial charge in [-0.1, -0.05) is 19.0 Å². The van der Waals surface area contributed by atoms with Gasteiger partial charge in [0.25, 0.3) is 5.91 Å². The summed E-state index contributed by atoms with van der Waals surface area (Å²) in [7, 11) is 4.01. The molecule has 1 fully saturated rings. The van der Waals surface area contributed by atoms with Crippen LogP contribution in [0.4, 0.5) is 0 Å². The first kappa shape index (κ1) is 16.8. The van der Waals surface area contributed by atoms with Crippen LogP contribution in [0.25, 0.3) is 0 Å². The lowest BCUT2D eigenvalue weighted by atomic mass is 9.57. The fraction of sp³-hybridized carbons (Fsp3) is 0.556. The minimum absolute atomic E-state index is 0.0168. The zero-order valence-electron chi connectivity index (χ0n) is 14.7. The number of nitrogens with zero attached hydrogens (tertiary/aromatic N) is 2. The molecule has 1 N–H and O–H groups in total. The number of carbonyl (C=O) groups excluding carboxylic acids is 1. The summed E-state index contributed by atoms with van der Waals surface area (Å²) in [5, 5.41) is 7.25. The van der Waals surface area contributed by atoms with Crippen molar-refractivity contribution in [1.29, 1.82) is 0 Å². The van der Waals surface area contributed by atoms with Crippen molar-refractivity contribution >= 4 is 5.91 Å². The monoisotopic (exact) mass is 331 g/mol. The smallest absolute Gasteiger partial charge is 0.287 e. The average Bonchev–Trinajstić information content (AvgIpc) is 3.17. The summed E-state index contributed by atoms with van der Waals surface area (Å²) < 4.78 is 10.5. The maximum absolute atomic E-state index is 12.1. The number of hydrogen-bond acceptors (Lipinski definition) is 5. The number of nitrogens with one attached hydrogen (secondary N) is 1. The maximum atomic E-state index is 12.1. The van der Waals surface area contributed by atoms with Gasteiger partial charge < -0.3 is 19.2 Å². The fourth-order valence-corrected chi connectivity index (χ4v) is 3.34. The van der Waals surface area contributed by atoms with E-state index in [-0.39, 0.29) is 17.4 Å². The lowest BCUT2D eigenvalue weighted by Crippen LogP contribution is -2.58. The molecular weight excluding hydrogens is 306 g/mol. The van der Waals surface area contributed by atoms with Crippen molar-refractivity contribution in [3.63, 3.8) is 0 Å². The number of carbonyl (C=O) groups is 1. The van der Waals surface area contributed by atoms with Crippen LogP contribution in [0.2, 0.25) is 0 Å². The molecule has 2 atom stereocenters. The molecule has 6 nitrogen and oxygen atoms in total. The zero-order valence-corrected chi connectivity index (χ0v) is 14.7. The highest BCUT2D eigenvalue weighted by atomic mass is 16.5. The molecule has 24 heavy (non-hydrogen) atoms. The van der Waals surface area contributed by atoms with Crippen molar-refractivity contribution in [3.8, 4) is 0 Å². The van der Waals surface area contributed by atoms with Gasteiger partial charge in [0.05, 0.1) is 18.5 Å². The summed E-state index contributed by atoms with van der Waals surface area (Å²) in [6, 6.07) is 5.58. The molecule has 0 radical (unpaired) electrons. The van der Waals surface area contributed by atoms with E-state index in [4.69, 9.17) is 8.94 Å². The number of amides is 1. The van der Waals surface area contributed by atoms with E-state index in [1.165, 1.54) is 6.26 Å². The number of hydrogen-bond donors (Lipinski definition) is 1. The van der Waals surface area contributed by atoms with Gasteiger partial charge in [-0.25, -0.2) is 0 Å². The number of furan rings is 1. The Labute approximate surface area is 142 Å². The molecule has 0 saturated heterocycles. The van der Waals surface area contributed by atoms with Gasteiger partial charge in [0.1, 0.15) is 0 Å². The highest BCUT2D eigenvalue weighted by Gasteiger charge is 2.48. The van der Waals surface area contributed by atoms with E-state index in [2.05, 4.69) is 29.2 Å². The Morgan fingerprint density at radius 3 is 2.88 bits per heavy atom. The maximum Gasteiger partial charge on any atom is 0.287 e. The molecule has 1 saturated carbocycles. The van der Waals surface area contributed by atoms with Crippen molar-refractivity contribution in [3.05, 3.63) is 41.7 Å². The van der Waals surface area contributed by atoms with Crippen LogP contribution in [0.3, 0.4) is 0 Å². The minimum atomic E-state index is -0.147. The van der Waals surface area contributed by atoms with Crippen LogP contribution in [0.1, 0.15) is 42.3 Å². The summed E-state index contributed by atoms with van der Waals surface area (Å²) in [4.78, 5) is 14.2. The lowest BCUT2D eigenvalue weighted by molar-refractivity contribution is 0.0131. The van der Waals surface area contributed by atoms with Gasteiger partial charge >= 0.3 is 0 Å². The highest BCUT2D eigenvalue weighted by molar-refractivity contribution is 5.91. The van der Waals surface area contributed by atoms with Crippen molar-refractivity contribution in [2.45, 2.75) is 39.3 Å². The Kier molecular flexibility index (Phi) is 4.49. The van der Waals surface area contributed by atoms with Crippen LogP contribution in [-0.2, 0) is 13.0 Å². The van der Waals surface area contributed by atoms with Gasteiger partial charge in [0.15, 0.2) is 11.5 Å². The van der Waals surface area contributed by atoms with E-state index in [0.29, 0.717) is 11.7 Å². The van der Waals surface area contributed by atoms with Gasteiger partial charge in [-0.05, 0) is 50.4 Å². The summed E-state index contributed by atoms with van der Waals surface area (Å²) in [5.74, 6) is 1.57. The summed E-state index contributed by atoms with van der Waals surface area (Å²) in [6.45, 7) is 5.13. The van der Waals surface area contributed by atoms with E-state index >= 15 is 0 Å². The number of rotatable bonds is 6. The van der Waals surface area contributed by atoms with E-state index in [0.717, 1.165) is 30.8 Å². The summed E-state index contributed by atoms with van der Waals surface area (Å²) in [6.07, 6.45) is 3.33. The summed E-state index contributed by atoms with van der Waals surface area (Å²) in [5.41, 5.74) is 1.00. The summed E-state index contributed by atoms with van der Waals surface area (Å²) >= 11 is 0. The largest absolute Gasteiger partial charge is 0.459 e.